The first-order valence-electron chi connectivity index (χ1n) is 8.76. The van der Waals surface area contributed by atoms with Crippen molar-refractivity contribution in [3.8, 4) is 0 Å². The van der Waals surface area contributed by atoms with Crippen LogP contribution in [0.25, 0.3) is 16.7 Å². The molecular weight excluding hydrogens is 398 g/mol. The molecule has 10 nitrogen and oxygen atoms in total. The van der Waals surface area contributed by atoms with Crippen molar-refractivity contribution in [1.82, 2.24) is 19.5 Å². The molecule has 2 aromatic heterocycles. The molecule has 152 valence electrons. The van der Waals surface area contributed by atoms with Crippen LogP contribution in [0.3, 0.4) is 0 Å². The molecule has 0 saturated carbocycles. The Bertz CT molecular complexity index is 1150. The fourth-order valence-corrected chi connectivity index (χ4v) is 3.58. The molecule has 3 N–H and O–H groups in total. The van der Waals surface area contributed by atoms with Gasteiger partial charge in [-0.3, -0.25) is 8.75 Å². The van der Waals surface area contributed by atoms with Crippen LogP contribution >= 0.6 is 0 Å². The van der Waals surface area contributed by atoms with Gasteiger partial charge in [0.25, 0.3) is 0 Å². The predicted octanol–water partition coefficient (Wildman–Crippen LogP) is 0.756. The second-order valence-electron chi connectivity index (χ2n) is 6.60. The smallest absolute Gasteiger partial charge is 0.333 e. The van der Waals surface area contributed by atoms with E-state index in [1.54, 1.807) is 10.9 Å². The third-order valence-corrected chi connectivity index (χ3v) is 5.14. The highest BCUT2D eigenvalue weighted by atomic mass is 32.2. The van der Waals surface area contributed by atoms with Crippen LogP contribution in [0.4, 0.5) is 0 Å². The fourth-order valence-electron chi connectivity index (χ4n) is 3.26. The van der Waals surface area contributed by atoms with Crippen LogP contribution in [-0.2, 0) is 19.2 Å². The topological polar surface area (TPSA) is 142 Å². The first kappa shape index (κ1) is 19.6. The summed E-state index contributed by atoms with van der Waals surface area (Å²) in [5.41, 5.74) is 3.26. The minimum absolute atomic E-state index is 0.211. The summed E-state index contributed by atoms with van der Waals surface area (Å²) in [4.78, 5) is 13.0. The van der Waals surface area contributed by atoms with Gasteiger partial charge in [-0.05, 0) is 5.56 Å². The van der Waals surface area contributed by atoms with Crippen molar-refractivity contribution in [2.24, 2.45) is 5.14 Å². The molecule has 1 aliphatic rings. The molecule has 1 saturated heterocycles. The lowest BCUT2D eigenvalue weighted by Crippen LogP contribution is -2.30. The van der Waals surface area contributed by atoms with Gasteiger partial charge in [0, 0.05) is 12.0 Å². The van der Waals surface area contributed by atoms with E-state index in [1.165, 1.54) is 6.33 Å². The quantitative estimate of drug-likeness (QED) is 0.598. The number of aromatic nitrogens is 4. The number of hydrogen-bond donors (Lipinski definition) is 2. The Morgan fingerprint density at radius 3 is 2.79 bits per heavy atom. The molecule has 0 unspecified atom stereocenters. The number of aliphatic hydroxyl groups is 1. The molecule has 29 heavy (non-hydrogen) atoms. The summed E-state index contributed by atoms with van der Waals surface area (Å²) in [7, 11) is -4.12. The largest absolute Gasteiger partial charge is 0.390 e. The third kappa shape index (κ3) is 4.04. The van der Waals surface area contributed by atoms with E-state index < -0.39 is 28.7 Å². The number of fused-ring (bicyclic) bond motifs is 1. The molecule has 0 amide bonds. The average molecular weight is 417 g/mol. The second kappa shape index (κ2) is 7.61. The van der Waals surface area contributed by atoms with Gasteiger partial charge in [0.2, 0.25) is 0 Å². The van der Waals surface area contributed by atoms with Gasteiger partial charge in [0.1, 0.15) is 29.9 Å². The molecule has 11 heteroatoms. The average Bonchev–Trinajstić information content (AvgIpc) is 3.29. The Labute approximate surface area is 166 Å². The van der Waals surface area contributed by atoms with E-state index in [-0.39, 0.29) is 13.0 Å². The number of aliphatic hydroxyl groups excluding tert-OH is 1. The van der Waals surface area contributed by atoms with Crippen LogP contribution < -0.4 is 5.14 Å². The number of ether oxygens (including phenoxy) is 1. The fraction of sp³-hybridized carbons (Fsp3) is 0.278. The van der Waals surface area contributed by atoms with Gasteiger partial charge in [0.05, 0.1) is 19.0 Å². The monoisotopic (exact) mass is 417 g/mol. The maximum atomic E-state index is 11.0. The zero-order valence-electron chi connectivity index (χ0n) is 15.2. The van der Waals surface area contributed by atoms with Crippen molar-refractivity contribution in [3.05, 3.63) is 60.8 Å². The molecule has 3 aromatic rings. The molecule has 3 heterocycles. The van der Waals surface area contributed by atoms with Gasteiger partial charge in [0.15, 0.2) is 5.65 Å². The van der Waals surface area contributed by atoms with Crippen LogP contribution in [0, 0.1) is 0 Å². The lowest BCUT2D eigenvalue weighted by atomic mass is 10.0. The van der Waals surface area contributed by atoms with Gasteiger partial charge in [-0.1, -0.05) is 36.9 Å². The Hall–Kier alpha value is -2.70. The van der Waals surface area contributed by atoms with Crippen LogP contribution in [-0.4, -0.2) is 51.9 Å². The SMILES string of the molecule is C=C(c1ccccc1)c1ncnc2c1ncn2[C@H]1C[C@H](O)[C@@H](COS(N)(=O)=O)O1. The number of hydrogen-bond acceptors (Lipinski definition) is 8. The first-order chi connectivity index (χ1) is 13.8. The number of nitrogens with two attached hydrogens (primary N) is 1. The van der Waals surface area contributed by atoms with Crippen molar-refractivity contribution in [2.75, 3.05) is 6.61 Å². The Balaban J connectivity index is 1.61. The summed E-state index contributed by atoms with van der Waals surface area (Å²) in [5.74, 6) is 0. The maximum absolute atomic E-state index is 11.0. The summed E-state index contributed by atoms with van der Waals surface area (Å²) in [6.07, 6.45) is 0.787. The number of imidazole rings is 1. The van der Waals surface area contributed by atoms with Gasteiger partial charge < -0.3 is 9.84 Å². The summed E-state index contributed by atoms with van der Waals surface area (Å²) in [5, 5.41) is 15.0. The van der Waals surface area contributed by atoms with Gasteiger partial charge in [-0.2, -0.15) is 8.42 Å². The molecule has 0 spiro atoms. The number of benzene rings is 1. The zero-order valence-corrected chi connectivity index (χ0v) is 16.1. The van der Waals surface area contributed by atoms with E-state index >= 15 is 0 Å². The van der Waals surface area contributed by atoms with Crippen molar-refractivity contribution < 1.29 is 22.4 Å². The van der Waals surface area contributed by atoms with E-state index in [0.717, 1.165) is 5.56 Å². The summed E-state index contributed by atoms with van der Waals surface area (Å²) >= 11 is 0. The van der Waals surface area contributed by atoms with E-state index in [1.807, 2.05) is 30.3 Å². The lowest BCUT2D eigenvalue weighted by Gasteiger charge is -2.15. The number of rotatable bonds is 6. The van der Waals surface area contributed by atoms with E-state index in [0.29, 0.717) is 22.4 Å². The highest BCUT2D eigenvalue weighted by Gasteiger charge is 2.36. The molecular formula is C18H19N5O5S. The molecule has 1 fully saturated rings. The highest BCUT2D eigenvalue weighted by molar-refractivity contribution is 7.84. The standard InChI is InChI=1S/C18H19N5O5S/c1-11(12-5-3-2-4-6-12)16-17-18(21-9-20-16)23(10-22-17)15-7-13(24)14(28-15)8-27-29(19,25)26/h2-6,9-10,13-15,24H,1,7-8H2,(H2,19,25,26)/t13-,14+,15+/m0/s1. The molecule has 1 aliphatic heterocycles. The highest BCUT2D eigenvalue weighted by Crippen LogP contribution is 2.32. The van der Waals surface area contributed by atoms with Gasteiger partial charge in [-0.15, -0.1) is 0 Å². The van der Waals surface area contributed by atoms with Crippen molar-refractivity contribution >= 4 is 27.0 Å². The summed E-state index contributed by atoms with van der Waals surface area (Å²) < 4.78 is 33.9. The molecule has 4 rings (SSSR count). The van der Waals surface area contributed by atoms with Crippen LogP contribution in [0.1, 0.15) is 23.9 Å². The van der Waals surface area contributed by atoms with Crippen LogP contribution in [0.15, 0.2) is 49.6 Å². The molecule has 3 atom stereocenters. The van der Waals surface area contributed by atoms with Gasteiger partial charge >= 0.3 is 10.3 Å². The normalized spacial score (nSPS) is 22.2. The lowest BCUT2D eigenvalue weighted by molar-refractivity contribution is -0.0371. The zero-order chi connectivity index (χ0) is 20.6. The van der Waals surface area contributed by atoms with E-state index in [2.05, 4.69) is 25.7 Å². The molecule has 1 aromatic carbocycles. The minimum Gasteiger partial charge on any atom is -0.390 e. The van der Waals surface area contributed by atoms with Crippen molar-refractivity contribution in [1.29, 1.82) is 0 Å². The Morgan fingerprint density at radius 1 is 1.31 bits per heavy atom. The molecule has 0 bridgehead atoms. The van der Waals surface area contributed by atoms with Gasteiger partial charge in [-0.25, -0.2) is 20.1 Å². The van der Waals surface area contributed by atoms with E-state index in [9.17, 15) is 13.5 Å². The summed E-state index contributed by atoms with van der Waals surface area (Å²) in [6, 6.07) is 9.60. The van der Waals surface area contributed by atoms with Crippen molar-refractivity contribution in [3.63, 3.8) is 0 Å². The van der Waals surface area contributed by atoms with Crippen LogP contribution in [0.5, 0.6) is 0 Å². The number of nitrogens with zero attached hydrogens (tertiary/aromatic N) is 4. The summed E-state index contributed by atoms with van der Waals surface area (Å²) in [6.45, 7) is 3.75. The van der Waals surface area contributed by atoms with E-state index in [4.69, 9.17) is 9.88 Å². The minimum atomic E-state index is -4.12. The van der Waals surface area contributed by atoms with Crippen molar-refractivity contribution in [2.45, 2.75) is 24.9 Å². The third-order valence-electron chi connectivity index (χ3n) is 4.68. The maximum Gasteiger partial charge on any atom is 0.333 e. The van der Waals surface area contributed by atoms with Crippen LogP contribution in [0.2, 0.25) is 0 Å². The predicted molar refractivity (Wildman–Crippen MR) is 103 cm³/mol. The second-order valence-corrected chi connectivity index (χ2v) is 7.82. The Morgan fingerprint density at radius 2 is 2.07 bits per heavy atom. The molecule has 0 radical (unpaired) electrons. The first-order valence-corrected chi connectivity index (χ1v) is 10.2. The molecule has 0 aliphatic carbocycles. The Kier molecular flexibility index (Phi) is 5.15.